The zero-order valence-electron chi connectivity index (χ0n) is 24.1. The van der Waals surface area contributed by atoms with Crippen LogP contribution in [0.1, 0.15) is 91.5 Å². The van der Waals surface area contributed by atoms with Gasteiger partial charge in [0.2, 0.25) is 0 Å². The van der Waals surface area contributed by atoms with E-state index in [4.69, 9.17) is 29.4 Å². The van der Waals surface area contributed by atoms with Crippen molar-refractivity contribution >= 4 is 24.2 Å². The van der Waals surface area contributed by atoms with Crippen molar-refractivity contribution < 1.29 is 48.0 Å². The van der Waals surface area contributed by atoms with Crippen LogP contribution in [0.5, 0.6) is 11.5 Å². The molecule has 4 atom stereocenters. The van der Waals surface area contributed by atoms with Gasteiger partial charge in [0.15, 0.2) is 11.5 Å². The molecule has 1 fully saturated rings. The van der Waals surface area contributed by atoms with Gasteiger partial charge in [-0.3, -0.25) is 9.59 Å². The van der Waals surface area contributed by atoms with Crippen molar-refractivity contribution in [1.82, 2.24) is 0 Å². The van der Waals surface area contributed by atoms with Crippen LogP contribution in [-0.4, -0.2) is 53.2 Å². The third-order valence-corrected chi connectivity index (χ3v) is 6.99. The van der Waals surface area contributed by atoms with Gasteiger partial charge in [0.05, 0.1) is 5.92 Å². The minimum atomic E-state index is -1.81. The molecule has 0 radical (unpaired) electrons. The molecular weight excluding hydrogens is 522 g/mol. The van der Waals surface area contributed by atoms with Crippen LogP contribution in [0.4, 0.5) is 9.59 Å². The first kappa shape index (κ1) is 32.9. The topological polar surface area (TPSA) is 161 Å². The van der Waals surface area contributed by atoms with Crippen LogP contribution in [-0.2, 0) is 30.2 Å². The van der Waals surface area contributed by atoms with Crippen molar-refractivity contribution in [3.8, 4) is 11.5 Å². The minimum absolute atomic E-state index is 0.120. The number of nitrogens with two attached hydrogens (primary N) is 1. The molecule has 3 N–H and O–H groups in total. The number of ether oxygens (including phenoxy) is 5. The van der Waals surface area contributed by atoms with Crippen molar-refractivity contribution in [2.45, 2.75) is 116 Å². The molecule has 0 aromatic heterocycles. The third-order valence-electron chi connectivity index (χ3n) is 6.99. The summed E-state index contributed by atoms with van der Waals surface area (Å²) in [6.45, 7) is 8.68. The smallest absolute Gasteiger partial charge is 0.480 e. The molecule has 0 amide bonds. The monoisotopic (exact) mass is 565 g/mol. The number of aliphatic carboxylic acids is 1. The van der Waals surface area contributed by atoms with E-state index in [1.165, 1.54) is 18.2 Å². The van der Waals surface area contributed by atoms with E-state index in [2.05, 4.69) is 0 Å². The summed E-state index contributed by atoms with van der Waals surface area (Å²) in [6, 6.07) is 4.21. The third kappa shape index (κ3) is 10.3. The quantitative estimate of drug-likeness (QED) is 0.175. The number of hydrogen-bond acceptors (Lipinski definition) is 10. The highest BCUT2D eigenvalue weighted by atomic mass is 16.7. The van der Waals surface area contributed by atoms with Gasteiger partial charge in [-0.25, -0.2) is 9.59 Å². The molecule has 3 unspecified atom stereocenters. The standard InChI is InChI=1S/C29H43NO10/c1-6-18(3)37-27(34)39-23-14-13-21(15-24(23)40-28(35)38-19(4)7-2)17-29(30,26(32)33)16-20(5)36-25(31)22-11-9-8-10-12-22/h13-15,18-20,22H,6-12,16-17,30H2,1-5H3,(H,32,33)/t18?,19?,20-,29?/m0/s1. The van der Waals surface area contributed by atoms with E-state index in [1.807, 2.05) is 13.8 Å². The van der Waals surface area contributed by atoms with E-state index in [-0.39, 0.29) is 36.2 Å². The second kappa shape index (κ2) is 15.4. The van der Waals surface area contributed by atoms with Crippen LogP contribution >= 0.6 is 0 Å². The lowest BCUT2D eigenvalue weighted by Gasteiger charge is -2.29. The minimum Gasteiger partial charge on any atom is -0.480 e. The van der Waals surface area contributed by atoms with E-state index in [1.54, 1.807) is 20.8 Å². The van der Waals surface area contributed by atoms with Crippen LogP contribution in [0, 0.1) is 5.92 Å². The molecule has 1 aromatic carbocycles. The molecule has 0 bridgehead atoms. The molecule has 224 valence electrons. The largest absolute Gasteiger partial charge is 0.514 e. The average molecular weight is 566 g/mol. The van der Waals surface area contributed by atoms with Gasteiger partial charge in [0.25, 0.3) is 0 Å². The Balaban J connectivity index is 2.22. The summed E-state index contributed by atoms with van der Waals surface area (Å²) in [7, 11) is 0. The Hall–Kier alpha value is -3.34. The zero-order chi connectivity index (χ0) is 29.9. The van der Waals surface area contributed by atoms with Crippen molar-refractivity contribution in [2.75, 3.05) is 0 Å². The lowest BCUT2D eigenvalue weighted by molar-refractivity contribution is -0.158. The normalized spacial score (nSPS) is 17.4. The van der Waals surface area contributed by atoms with Crippen LogP contribution in [0.2, 0.25) is 0 Å². The highest BCUT2D eigenvalue weighted by molar-refractivity contribution is 5.79. The van der Waals surface area contributed by atoms with Gasteiger partial charge in [0.1, 0.15) is 23.9 Å². The van der Waals surface area contributed by atoms with Gasteiger partial charge < -0.3 is 34.5 Å². The SMILES string of the molecule is CCC(C)OC(=O)Oc1ccc(CC(N)(C[C@H](C)OC(=O)C2CCCCC2)C(=O)O)cc1OC(=O)OC(C)CC. The van der Waals surface area contributed by atoms with Gasteiger partial charge >= 0.3 is 24.2 Å². The van der Waals surface area contributed by atoms with Gasteiger partial charge in [-0.2, -0.15) is 0 Å². The van der Waals surface area contributed by atoms with Crippen LogP contribution < -0.4 is 15.2 Å². The molecule has 1 aromatic rings. The first-order valence-corrected chi connectivity index (χ1v) is 14.0. The molecule has 1 saturated carbocycles. The van der Waals surface area contributed by atoms with Crippen molar-refractivity contribution in [3.05, 3.63) is 23.8 Å². The molecule has 0 spiro atoms. The number of esters is 1. The first-order chi connectivity index (χ1) is 18.9. The summed E-state index contributed by atoms with van der Waals surface area (Å²) in [5.74, 6) is -2.09. The van der Waals surface area contributed by atoms with Crippen molar-refractivity contribution in [3.63, 3.8) is 0 Å². The summed E-state index contributed by atoms with van der Waals surface area (Å²) in [5.41, 5.74) is 4.90. The Morgan fingerprint density at radius 1 is 0.875 bits per heavy atom. The fourth-order valence-electron chi connectivity index (χ4n) is 4.34. The van der Waals surface area contributed by atoms with Crippen LogP contribution in [0.15, 0.2) is 18.2 Å². The number of carbonyl (C=O) groups excluding carboxylic acids is 3. The van der Waals surface area contributed by atoms with Gasteiger partial charge in [-0.1, -0.05) is 39.2 Å². The van der Waals surface area contributed by atoms with E-state index in [9.17, 15) is 24.3 Å². The molecule has 1 aliphatic carbocycles. The Morgan fingerprint density at radius 2 is 1.43 bits per heavy atom. The highest BCUT2D eigenvalue weighted by Gasteiger charge is 2.38. The Morgan fingerprint density at radius 3 is 1.95 bits per heavy atom. The van der Waals surface area contributed by atoms with E-state index < -0.39 is 42.1 Å². The van der Waals surface area contributed by atoms with Gasteiger partial charge in [0, 0.05) is 12.8 Å². The lowest BCUT2D eigenvalue weighted by atomic mass is 9.86. The fraction of sp³-hybridized carbons (Fsp3) is 0.655. The van der Waals surface area contributed by atoms with Crippen molar-refractivity contribution in [2.24, 2.45) is 11.7 Å². The summed E-state index contributed by atoms with van der Waals surface area (Å²) in [5, 5.41) is 9.99. The second-order valence-corrected chi connectivity index (χ2v) is 10.6. The molecule has 0 heterocycles. The maximum Gasteiger partial charge on any atom is 0.514 e. The number of benzene rings is 1. The molecule has 11 heteroatoms. The zero-order valence-corrected chi connectivity index (χ0v) is 24.1. The van der Waals surface area contributed by atoms with Crippen LogP contribution in [0.3, 0.4) is 0 Å². The van der Waals surface area contributed by atoms with Gasteiger partial charge in [-0.05, 0) is 64.2 Å². The van der Waals surface area contributed by atoms with E-state index >= 15 is 0 Å². The Kier molecular flexibility index (Phi) is 12.7. The molecule has 11 nitrogen and oxygen atoms in total. The maximum absolute atomic E-state index is 12.6. The molecule has 0 aliphatic heterocycles. The molecule has 2 rings (SSSR count). The Labute approximate surface area is 235 Å². The highest BCUT2D eigenvalue weighted by Crippen LogP contribution is 2.32. The Bertz CT molecular complexity index is 1020. The maximum atomic E-state index is 12.6. The van der Waals surface area contributed by atoms with Gasteiger partial charge in [-0.15, -0.1) is 0 Å². The van der Waals surface area contributed by atoms with E-state index in [0.717, 1.165) is 32.1 Å². The number of hydrogen-bond donors (Lipinski definition) is 2. The predicted octanol–water partition coefficient (Wildman–Crippen LogP) is 5.54. The number of rotatable bonds is 13. The number of carboxylic acids is 1. The first-order valence-electron chi connectivity index (χ1n) is 14.0. The number of carboxylic acid groups (broad SMARTS) is 1. The average Bonchev–Trinajstić information content (AvgIpc) is 2.90. The number of carbonyl (C=O) groups is 4. The lowest BCUT2D eigenvalue weighted by Crippen LogP contribution is -2.52. The van der Waals surface area contributed by atoms with E-state index in [0.29, 0.717) is 18.4 Å². The second-order valence-electron chi connectivity index (χ2n) is 10.6. The summed E-state index contributed by atoms with van der Waals surface area (Å²) >= 11 is 0. The predicted molar refractivity (Wildman–Crippen MR) is 145 cm³/mol. The summed E-state index contributed by atoms with van der Waals surface area (Å²) < 4.78 is 26.4. The molecule has 0 saturated heterocycles. The summed E-state index contributed by atoms with van der Waals surface area (Å²) in [4.78, 5) is 49.4. The molecule has 1 aliphatic rings. The van der Waals surface area contributed by atoms with Crippen molar-refractivity contribution in [1.29, 1.82) is 0 Å². The summed E-state index contributed by atoms with van der Waals surface area (Å²) in [6.07, 6.45) is 1.77. The van der Waals surface area contributed by atoms with Crippen LogP contribution in [0.25, 0.3) is 0 Å². The molecule has 40 heavy (non-hydrogen) atoms. The fourth-order valence-corrected chi connectivity index (χ4v) is 4.34. The molecular formula is C29H43NO10.